The smallest absolute Gasteiger partial charge is 0.265 e. The van der Waals surface area contributed by atoms with E-state index < -0.39 is 10.0 Å². The fourth-order valence-corrected chi connectivity index (χ4v) is 5.24. The number of nitrogens with one attached hydrogen (secondary N) is 1. The molecule has 26 heavy (non-hydrogen) atoms. The number of rotatable bonds is 5. The number of anilines is 1. The Morgan fingerprint density at radius 2 is 1.92 bits per heavy atom. The van der Waals surface area contributed by atoms with E-state index in [4.69, 9.17) is 0 Å². The fourth-order valence-electron chi connectivity index (χ4n) is 3.23. The molecule has 5 nitrogen and oxygen atoms in total. The second kappa shape index (κ2) is 7.40. The summed E-state index contributed by atoms with van der Waals surface area (Å²) in [7, 11) is -3.80. The third-order valence-electron chi connectivity index (χ3n) is 4.39. The molecule has 2 aromatic rings. The Kier molecular flexibility index (Phi) is 5.39. The van der Waals surface area contributed by atoms with Crippen molar-refractivity contribution in [3.05, 3.63) is 46.9 Å². The van der Waals surface area contributed by atoms with Crippen LogP contribution in [0.15, 0.2) is 51.8 Å². The van der Waals surface area contributed by atoms with E-state index in [2.05, 4.69) is 21.2 Å². The van der Waals surface area contributed by atoms with E-state index in [0.717, 1.165) is 22.9 Å². The van der Waals surface area contributed by atoms with E-state index >= 15 is 0 Å². The van der Waals surface area contributed by atoms with Gasteiger partial charge in [0.1, 0.15) is 6.54 Å². The van der Waals surface area contributed by atoms with E-state index in [1.807, 2.05) is 26.0 Å². The lowest BCUT2D eigenvalue weighted by Crippen LogP contribution is -2.44. The normalized spacial score (nSPS) is 15.7. The standard InChI is InChI=1S/C19H21BrN2O3S/c1-3-6-13(2)21-19(23)12-22-17-10-9-14(20)11-16(17)15-7-4-5-8-18(15)26(22,24)25/h4-5,7-11,13H,3,6,12H2,1-2H3,(H,21,23)/t13-/m1/s1. The van der Waals surface area contributed by atoms with Gasteiger partial charge >= 0.3 is 0 Å². The third kappa shape index (κ3) is 3.50. The number of sulfonamides is 1. The summed E-state index contributed by atoms with van der Waals surface area (Å²) in [6, 6.07) is 12.3. The first-order valence-electron chi connectivity index (χ1n) is 8.55. The van der Waals surface area contributed by atoms with E-state index in [-0.39, 0.29) is 23.4 Å². The SMILES string of the molecule is CCC[C@@H](C)NC(=O)CN1c2ccc(Br)cc2-c2ccccc2S1(=O)=O. The van der Waals surface area contributed by atoms with E-state index in [9.17, 15) is 13.2 Å². The minimum atomic E-state index is -3.80. The average Bonchev–Trinajstić information content (AvgIpc) is 2.59. The molecule has 3 rings (SSSR count). The molecule has 138 valence electrons. The van der Waals surface area contributed by atoms with Gasteiger partial charge in [0.2, 0.25) is 5.91 Å². The predicted molar refractivity (Wildman–Crippen MR) is 107 cm³/mol. The molecule has 0 radical (unpaired) electrons. The molecule has 0 fully saturated rings. The molecular weight excluding hydrogens is 416 g/mol. The van der Waals surface area contributed by atoms with Gasteiger partial charge in [0.15, 0.2) is 0 Å². The lowest BCUT2D eigenvalue weighted by molar-refractivity contribution is -0.120. The van der Waals surface area contributed by atoms with Gasteiger partial charge in [0, 0.05) is 21.6 Å². The highest BCUT2D eigenvalue weighted by Crippen LogP contribution is 2.43. The molecular formula is C19H21BrN2O3S. The summed E-state index contributed by atoms with van der Waals surface area (Å²) < 4.78 is 28.3. The van der Waals surface area contributed by atoms with Gasteiger partial charge in [-0.3, -0.25) is 9.10 Å². The van der Waals surface area contributed by atoms with E-state index in [1.54, 1.807) is 30.3 Å². The molecule has 1 heterocycles. The summed E-state index contributed by atoms with van der Waals surface area (Å²) in [5.74, 6) is -0.303. The molecule has 0 bridgehead atoms. The van der Waals surface area contributed by atoms with Gasteiger partial charge in [-0.15, -0.1) is 0 Å². The van der Waals surface area contributed by atoms with Crippen LogP contribution in [-0.2, 0) is 14.8 Å². The van der Waals surface area contributed by atoms with E-state index in [1.165, 1.54) is 4.31 Å². The number of benzene rings is 2. The monoisotopic (exact) mass is 436 g/mol. The van der Waals surface area contributed by atoms with Gasteiger partial charge < -0.3 is 5.32 Å². The van der Waals surface area contributed by atoms with Gasteiger partial charge in [0.05, 0.1) is 10.6 Å². The lowest BCUT2D eigenvalue weighted by Gasteiger charge is -2.32. The highest BCUT2D eigenvalue weighted by molar-refractivity contribution is 9.10. The maximum atomic E-state index is 13.1. The number of hydrogen-bond donors (Lipinski definition) is 1. The Balaban J connectivity index is 2.02. The molecule has 0 spiro atoms. The van der Waals surface area contributed by atoms with Crippen LogP contribution < -0.4 is 9.62 Å². The second-order valence-corrected chi connectivity index (χ2v) is 9.17. The molecule has 1 amide bonds. The Hall–Kier alpha value is -1.86. The number of fused-ring (bicyclic) bond motifs is 3. The van der Waals surface area contributed by atoms with Crippen LogP contribution in [0.1, 0.15) is 26.7 Å². The summed E-state index contributed by atoms with van der Waals surface area (Å²) in [6.45, 7) is 3.73. The largest absolute Gasteiger partial charge is 0.352 e. The number of carbonyl (C=O) groups is 1. The zero-order valence-corrected chi connectivity index (χ0v) is 17.1. The molecule has 1 N–H and O–H groups in total. The summed E-state index contributed by atoms with van der Waals surface area (Å²) in [5.41, 5.74) is 1.96. The minimum Gasteiger partial charge on any atom is -0.352 e. The minimum absolute atomic E-state index is 0.0108. The van der Waals surface area contributed by atoms with Crippen LogP contribution in [0.5, 0.6) is 0 Å². The van der Waals surface area contributed by atoms with Crippen LogP contribution in [0.3, 0.4) is 0 Å². The van der Waals surface area contributed by atoms with Crippen LogP contribution in [0.25, 0.3) is 11.1 Å². The average molecular weight is 437 g/mol. The van der Waals surface area contributed by atoms with Crippen LogP contribution in [0.4, 0.5) is 5.69 Å². The molecule has 0 saturated carbocycles. The molecule has 0 aromatic heterocycles. The van der Waals surface area contributed by atoms with Crippen molar-refractivity contribution in [1.29, 1.82) is 0 Å². The van der Waals surface area contributed by atoms with Crippen LogP contribution in [0.2, 0.25) is 0 Å². The van der Waals surface area contributed by atoms with Gasteiger partial charge in [-0.2, -0.15) is 0 Å². The van der Waals surface area contributed by atoms with Crippen LogP contribution in [0, 0.1) is 0 Å². The second-order valence-electron chi connectivity index (χ2n) is 6.43. The Bertz CT molecular complexity index is 944. The van der Waals surface area contributed by atoms with Crippen molar-refractivity contribution in [1.82, 2.24) is 5.32 Å². The lowest BCUT2D eigenvalue weighted by atomic mass is 10.0. The molecule has 0 aliphatic carbocycles. The number of amides is 1. The Morgan fingerprint density at radius 3 is 2.65 bits per heavy atom. The first-order chi connectivity index (χ1) is 12.3. The van der Waals surface area contributed by atoms with Crippen molar-refractivity contribution >= 4 is 37.5 Å². The molecule has 1 aliphatic rings. The maximum absolute atomic E-state index is 13.1. The first kappa shape index (κ1) is 18.9. The fraction of sp³-hybridized carbons (Fsp3) is 0.316. The highest BCUT2D eigenvalue weighted by Gasteiger charge is 2.35. The summed E-state index contributed by atoms with van der Waals surface area (Å²) in [5, 5.41) is 2.88. The van der Waals surface area contributed by atoms with Crippen molar-refractivity contribution in [2.75, 3.05) is 10.8 Å². The highest BCUT2D eigenvalue weighted by atomic mass is 79.9. The van der Waals surface area contributed by atoms with Crippen molar-refractivity contribution in [3.8, 4) is 11.1 Å². The van der Waals surface area contributed by atoms with Crippen molar-refractivity contribution in [3.63, 3.8) is 0 Å². The summed E-state index contributed by atoms with van der Waals surface area (Å²) in [6.07, 6.45) is 1.80. The third-order valence-corrected chi connectivity index (χ3v) is 6.70. The number of halogens is 1. The first-order valence-corrected chi connectivity index (χ1v) is 10.8. The number of nitrogens with zero attached hydrogens (tertiary/aromatic N) is 1. The van der Waals surface area contributed by atoms with Gasteiger partial charge in [0.25, 0.3) is 10.0 Å². The molecule has 0 unspecified atom stereocenters. The maximum Gasteiger partial charge on any atom is 0.265 e. The van der Waals surface area contributed by atoms with Gasteiger partial charge in [-0.1, -0.05) is 47.5 Å². The van der Waals surface area contributed by atoms with Gasteiger partial charge in [-0.25, -0.2) is 8.42 Å². The zero-order valence-electron chi connectivity index (χ0n) is 14.7. The van der Waals surface area contributed by atoms with Crippen molar-refractivity contribution in [2.45, 2.75) is 37.6 Å². The topological polar surface area (TPSA) is 66.5 Å². The number of hydrogen-bond acceptors (Lipinski definition) is 3. The molecule has 2 aromatic carbocycles. The summed E-state index contributed by atoms with van der Waals surface area (Å²) in [4.78, 5) is 12.7. The predicted octanol–water partition coefficient (Wildman–Crippen LogP) is 3.93. The zero-order chi connectivity index (χ0) is 18.9. The molecule has 1 aliphatic heterocycles. The van der Waals surface area contributed by atoms with Crippen molar-refractivity contribution < 1.29 is 13.2 Å². The molecule has 7 heteroatoms. The van der Waals surface area contributed by atoms with Crippen molar-refractivity contribution in [2.24, 2.45) is 0 Å². The molecule has 1 atom stereocenters. The van der Waals surface area contributed by atoms with Gasteiger partial charge in [-0.05, 0) is 37.6 Å². The van der Waals surface area contributed by atoms with Crippen LogP contribution >= 0.6 is 15.9 Å². The Morgan fingerprint density at radius 1 is 1.19 bits per heavy atom. The van der Waals surface area contributed by atoms with E-state index in [0.29, 0.717) is 11.3 Å². The van der Waals surface area contributed by atoms with Crippen LogP contribution in [-0.4, -0.2) is 26.9 Å². The summed E-state index contributed by atoms with van der Waals surface area (Å²) >= 11 is 3.44. The molecule has 0 saturated heterocycles. The number of carbonyl (C=O) groups excluding carboxylic acids is 1. The Labute approximate surface area is 162 Å². The quantitative estimate of drug-likeness (QED) is 0.771.